The predicted octanol–water partition coefficient (Wildman–Crippen LogP) is 1.37. The van der Waals surface area contributed by atoms with E-state index in [2.05, 4.69) is 16.3 Å². The minimum atomic E-state index is -0.432. The highest BCUT2D eigenvalue weighted by Crippen LogP contribution is 2.11. The fourth-order valence-corrected chi connectivity index (χ4v) is 1.90. The fraction of sp³-hybridized carbons (Fsp3) is 0.125. The lowest BCUT2D eigenvalue weighted by Crippen LogP contribution is -2.42. The van der Waals surface area contributed by atoms with Gasteiger partial charge in [0.1, 0.15) is 5.75 Å². The van der Waals surface area contributed by atoms with Crippen molar-refractivity contribution in [2.24, 2.45) is 0 Å². The monoisotopic (exact) mass is 315 g/mol. The molecule has 0 heterocycles. The standard InChI is InChI=1S/C16H17N3O4/c1-23-19-13-7-5-12(6-8-13)16(22)18-17-15(21)10-11-3-2-4-14(20)9-11/h2-9,19-20H,10H2,1H3,(H,17,21)(H,18,22). The van der Waals surface area contributed by atoms with Gasteiger partial charge in [0.05, 0.1) is 19.2 Å². The third-order valence-corrected chi connectivity index (χ3v) is 2.96. The van der Waals surface area contributed by atoms with Crippen LogP contribution >= 0.6 is 0 Å². The van der Waals surface area contributed by atoms with Crippen LogP contribution in [0.1, 0.15) is 15.9 Å². The summed E-state index contributed by atoms with van der Waals surface area (Å²) >= 11 is 0. The van der Waals surface area contributed by atoms with Crippen molar-refractivity contribution in [2.45, 2.75) is 6.42 Å². The Labute approximate surface area is 133 Å². The molecule has 0 atom stereocenters. The first-order valence-electron chi connectivity index (χ1n) is 6.84. The van der Waals surface area contributed by atoms with Gasteiger partial charge in [-0.2, -0.15) is 0 Å². The lowest BCUT2D eigenvalue weighted by molar-refractivity contribution is -0.121. The highest BCUT2D eigenvalue weighted by atomic mass is 16.6. The van der Waals surface area contributed by atoms with E-state index in [9.17, 15) is 14.7 Å². The Balaban J connectivity index is 1.84. The summed E-state index contributed by atoms with van der Waals surface area (Å²) in [5.41, 5.74) is 9.04. The molecule has 0 unspecified atom stereocenters. The number of hydrogen-bond donors (Lipinski definition) is 4. The van der Waals surface area contributed by atoms with Gasteiger partial charge in [-0.15, -0.1) is 0 Å². The Morgan fingerprint density at radius 1 is 1.09 bits per heavy atom. The Morgan fingerprint density at radius 3 is 2.48 bits per heavy atom. The number of phenolic OH excluding ortho intramolecular Hbond substituents is 1. The summed E-state index contributed by atoms with van der Waals surface area (Å²) in [4.78, 5) is 28.4. The minimum absolute atomic E-state index is 0.0470. The van der Waals surface area contributed by atoms with Crippen LogP contribution in [0.4, 0.5) is 5.69 Å². The molecule has 7 nitrogen and oxygen atoms in total. The number of phenols is 1. The third-order valence-electron chi connectivity index (χ3n) is 2.96. The number of hydrazine groups is 1. The van der Waals surface area contributed by atoms with Crippen LogP contribution in [0.3, 0.4) is 0 Å². The van der Waals surface area contributed by atoms with Gasteiger partial charge in [0.25, 0.3) is 5.91 Å². The quantitative estimate of drug-likeness (QED) is 0.625. The minimum Gasteiger partial charge on any atom is -0.508 e. The van der Waals surface area contributed by atoms with E-state index >= 15 is 0 Å². The van der Waals surface area contributed by atoms with Crippen LogP contribution in [0.5, 0.6) is 5.75 Å². The van der Waals surface area contributed by atoms with Gasteiger partial charge in [0.2, 0.25) is 5.91 Å². The molecule has 0 bridgehead atoms. The Hall–Kier alpha value is -3.06. The lowest BCUT2D eigenvalue weighted by Gasteiger charge is -2.08. The second-order valence-corrected chi connectivity index (χ2v) is 4.73. The van der Waals surface area contributed by atoms with Crippen molar-refractivity contribution >= 4 is 17.5 Å². The van der Waals surface area contributed by atoms with E-state index in [0.717, 1.165) is 0 Å². The van der Waals surface area contributed by atoms with Crippen LogP contribution in [-0.4, -0.2) is 24.0 Å². The topological polar surface area (TPSA) is 99.7 Å². The fourth-order valence-electron chi connectivity index (χ4n) is 1.90. The molecule has 4 N–H and O–H groups in total. The molecule has 2 aromatic rings. The van der Waals surface area contributed by atoms with Crippen molar-refractivity contribution in [3.8, 4) is 5.75 Å². The zero-order valence-electron chi connectivity index (χ0n) is 12.5. The van der Waals surface area contributed by atoms with Crippen LogP contribution in [0.15, 0.2) is 48.5 Å². The smallest absolute Gasteiger partial charge is 0.269 e. The van der Waals surface area contributed by atoms with Crippen molar-refractivity contribution in [2.75, 3.05) is 12.6 Å². The molecule has 7 heteroatoms. The molecule has 0 radical (unpaired) electrons. The van der Waals surface area contributed by atoms with Gasteiger partial charge in [-0.25, -0.2) is 0 Å². The lowest BCUT2D eigenvalue weighted by atomic mass is 10.1. The number of hydrogen-bond acceptors (Lipinski definition) is 5. The zero-order valence-corrected chi connectivity index (χ0v) is 12.5. The molecule has 2 aromatic carbocycles. The van der Waals surface area contributed by atoms with Gasteiger partial charge < -0.3 is 5.11 Å². The van der Waals surface area contributed by atoms with Crippen molar-refractivity contribution in [1.29, 1.82) is 0 Å². The average molecular weight is 315 g/mol. The number of anilines is 1. The molecule has 0 aliphatic rings. The van der Waals surface area contributed by atoms with Crippen molar-refractivity contribution in [3.63, 3.8) is 0 Å². The number of rotatable bonds is 5. The second-order valence-electron chi connectivity index (χ2n) is 4.73. The largest absolute Gasteiger partial charge is 0.508 e. The van der Waals surface area contributed by atoms with Gasteiger partial charge in [-0.1, -0.05) is 12.1 Å². The summed E-state index contributed by atoms with van der Waals surface area (Å²) in [6, 6.07) is 12.9. The van der Waals surface area contributed by atoms with Crippen LogP contribution in [-0.2, 0) is 16.1 Å². The van der Waals surface area contributed by atoms with E-state index in [-0.39, 0.29) is 18.1 Å². The maximum absolute atomic E-state index is 11.9. The number of carbonyl (C=O) groups excluding carboxylic acids is 2. The van der Waals surface area contributed by atoms with Crippen molar-refractivity contribution in [3.05, 3.63) is 59.7 Å². The molecule has 0 aliphatic carbocycles. The van der Waals surface area contributed by atoms with Gasteiger partial charge in [0, 0.05) is 5.56 Å². The van der Waals surface area contributed by atoms with Crippen LogP contribution in [0.2, 0.25) is 0 Å². The maximum Gasteiger partial charge on any atom is 0.269 e. The van der Waals surface area contributed by atoms with Crippen molar-refractivity contribution in [1.82, 2.24) is 10.9 Å². The molecule has 120 valence electrons. The average Bonchev–Trinajstić information content (AvgIpc) is 2.54. The Kier molecular flexibility index (Phi) is 5.54. The van der Waals surface area contributed by atoms with Crippen LogP contribution in [0, 0.1) is 0 Å². The molecule has 0 saturated heterocycles. The molecular formula is C16H17N3O4. The maximum atomic E-state index is 11.9. The molecule has 23 heavy (non-hydrogen) atoms. The molecule has 0 fully saturated rings. The van der Waals surface area contributed by atoms with E-state index in [0.29, 0.717) is 16.8 Å². The van der Waals surface area contributed by atoms with E-state index < -0.39 is 5.91 Å². The highest BCUT2D eigenvalue weighted by Gasteiger charge is 2.08. The van der Waals surface area contributed by atoms with Crippen molar-refractivity contribution < 1.29 is 19.5 Å². The van der Waals surface area contributed by atoms with E-state index in [1.54, 1.807) is 36.4 Å². The second kappa shape index (κ2) is 7.81. The van der Waals surface area contributed by atoms with E-state index in [4.69, 9.17) is 4.84 Å². The van der Waals surface area contributed by atoms with E-state index in [1.165, 1.54) is 19.2 Å². The number of nitrogens with one attached hydrogen (secondary N) is 3. The summed E-state index contributed by atoms with van der Waals surface area (Å²) in [5, 5.41) is 9.34. The Morgan fingerprint density at radius 2 is 1.83 bits per heavy atom. The SMILES string of the molecule is CONc1ccc(C(=O)NNC(=O)Cc2cccc(O)c2)cc1. The summed E-state index contributed by atoms with van der Waals surface area (Å²) in [5.74, 6) is -0.732. The number of aromatic hydroxyl groups is 1. The summed E-state index contributed by atoms with van der Waals surface area (Å²) in [6.45, 7) is 0. The molecule has 0 aliphatic heterocycles. The molecule has 0 aromatic heterocycles. The summed E-state index contributed by atoms with van der Waals surface area (Å²) in [7, 11) is 1.49. The summed E-state index contributed by atoms with van der Waals surface area (Å²) in [6.07, 6.45) is 0.0470. The highest BCUT2D eigenvalue weighted by molar-refractivity contribution is 5.95. The van der Waals surface area contributed by atoms with Crippen LogP contribution < -0.4 is 16.3 Å². The molecule has 2 amide bonds. The van der Waals surface area contributed by atoms with Gasteiger partial charge in [-0.3, -0.25) is 30.8 Å². The number of amides is 2. The normalized spacial score (nSPS) is 9.96. The first kappa shape index (κ1) is 16.3. The molecule has 0 saturated carbocycles. The Bertz CT molecular complexity index is 686. The van der Waals surface area contributed by atoms with Gasteiger partial charge >= 0.3 is 0 Å². The van der Waals surface area contributed by atoms with Gasteiger partial charge in [-0.05, 0) is 42.0 Å². The molecule has 2 rings (SSSR count). The predicted molar refractivity (Wildman–Crippen MR) is 84.5 cm³/mol. The number of carbonyl (C=O) groups is 2. The summed E-state index contributed by atoms with van der Waals surface area (Å²) < 4.78 is 0. The van der Waals surface area contributed by atoms with Gasteiger partial charge in [0.15, 0.2) is 0 Å². The first-order valence-corrected chi connectivity index (χ1v) is 6.84. The number of benzene rings is 2. The molecule has 0 spiro atoms. The third kappa shape index (κ3) is 5.01. The van der Waals surface area contributed by atoms with Crippen LogP contribution in [0.25, 0.3) is 0 Å². The molecular weight excluding hydrogens is 298 g/mol. The van der Waals surface area contributed by atoms with E-state index in [1.807, 2.05) is 0 Å². The first-order chi connectivity index (χ1) is 11.1. The zero-order chi connectivity index (χ0) is 16.7.